The van der Waals surface area contributed by atoms with Crippen LogP contribution in [0.3, 0.4) is 0 Å². The van der Waals surface area contributed by atoms with Crippen LogP contribution in [0.2, 0.25) is 0 Å². The molecule has 2 heterocycles. The molecule has 226 valence electrons. The summed E-state index contributed by atoms with van der Waals surface area (Å²) in [6, 6.07) is 19.3. The van der Waals surface area contributed by atoms with Gasteiger partial charge in [-0.05, 0) is 41.7 Å². The molecule has 2 fully saturated rings. The van der Waals surface area contributed by atoms with E-state index >= 15 is 0 Å². The van der Waals surface area contributed by atoms with Gasteiger partial charge in [0.05, 0.1) is 29.1 Å². The van der Waals surface area contributed by atoms with Crippen LogP contribution in [0.15, 0.2) is 72.8 Å². The Kier molecular flexibility index (Phi) is 11.7. The first-order valence-electron chi connectivity index (χ1n) is 13.6. The second-order valence-electron chi connectivity index (χ2n) is 9.99. The van der Waals surface area contributed by atoms with E-state index in [1.54, 1.807) is 23.1 Å². The Balaban J connectivity index is 0.000000178. The first kappa shape index (κ1) is 32.2. The predicted octanol–water partition coefficient (Wildman–Crippen LogP) is 3.64. The molecule has 2 amide bonds. The van der Waals surface area contributed by atoms with Gasteiger partial charge < -0.3 is 20.6 Å². The predicted molar refractivity (Wildman–Crippen MR) is 158 cm³/mol. The highest BCUT2D eigenvalue weighted by Crippen LogP contribution is 2.16. The van der Waals surface area contributed by atoms with Crippen molar-refractivity contribution in [3.63, 3.8) is 0 Å². The number of nitro benzene ring substituents is 2. The highest BCUT2D eigenvalue weighted by molar-refractivity contribution is 5.80. The normalized spacial score (nSPS) is 13.1. The number of carboxylic acids is 1. The van der Waals surface area contributed by atoms with Crippen molar-refractivity contribution in [2.45, 2.75) is 32.1 Å². The number of nitrogens with zero attached hydrogens (tertiary/aromatic N) is 4. The van der Waals surface area contributed by atoms with Gasteiger partial charge in [-0.2, -0.15) is 0 Å². The summed E-state index contributed by atoms with van der Waals surface area (Å²) in [5, 5.41) is 29.3. The fraction of sp³-hybridized carbons (Fsp3) is 0.300. The average molecular weight is 592 g/mol. The Bertz CT molecular complexity index is 1470. The fourth-order valence-electron chi connectivity index (χ4n) is 4.14. The van der Waals surface area contributed by atoms with Gasteiger partial charge in [-0.15, -0.1) is 0 Å². The number of rotatable bonds is 8. The van der Waals surface area contributed by atoms with E-state index < -0.39 is 15.8 Å². The number of carboxylic acid groups (broad SMARTS) is 1. The fourth-order valence-corrected chi connectivity index (χ4v) is 4.14. The summed E-state index contributed by atoms with van der Waals surface area (Å²) in [5.74, 6) is -0.742. The number of carbonyl (C=O) groups excluding carboxylic acids is 2. The van der Waals surface area contributed by atoms with Gasteiger partial charge in [0, 0.05) is 56.1 Å². The molecule has 0 aliphatic carbocycles. The topological polar surface area (TPSA) is 190 Å². The maximum atomic E-state index is 11.6. The molecule has 0 aromatic heterocycles. The SMILES string of the molecule is Nc1cccc(CC(=O)N2CCC2)c1.O=C(Cc1cccc([N+](=O)[O-])c1)N1CCC1.O=C(O)Cc1cccc([N+](=O)[O-])c1. The second-order valence-corrected chi connectivity index (χ2v) is 9.99. The molecule has 0 radical (unpaired) electrons. The summed E-state index contributed by atoms with van der Waals surface area (Å²) in [6.45, 7) is 3.46. The minimum Gasteiger partial charge on any atom is -0.481 e. The highest BCUT2D eigenvalue weighted by Gasteiger charge is 2.21. The Hall–Kier alpha value is -5.33. The molecule has 3 aromatic rings. The lowest BCUT2D eigenvalue weighted by Gasteiger charge is -2.30. The van der Waals surface area contributed by atoms with E-state index in [2.05, 4.69) is 0 Å². The Morgan fingerprint density at radius 3 is 1.42 bits per heavy atom. The number of nitro groups is 2. The van der Waals surface area contributed by atoms with Crippen molar-refractivity contribution >= 4 is 34.8 Å². The van der Waals surface area contributed by atoms with Gasteiger partial charge in [0.15, 0.2) is 0 Å². The van der Waals surface area contributed by atoms with Crippen molar-refractivity contribution in [2.24, 2.45) is 0 Å². The summed E-state index contributed by atoms with van der Waals surface area (Å²) in [6.07, 6.45) is 2.73. The first-order chi connectivity index (χ1) is 20.5. The lowest BCUT2D eigenvalue weighted by molar-refractivity contribution is -0.385. The lowest BCUT2D eigenvalue weighted by atomic mass is 10.1. The number of amides is 2. The number of nitrogen functional groups attached to an aromatic ring is 1. The molecule has 2 saturated heterocycles. The molecule has 3 N–H and O–H groups in total. The van der Waals surface area contributed by atoms with E-state index in [0.29, 0.717) is 17.5 Å². The number of benzene rings is 3. The standard InChI is InChI=1S/C11H12N2O3.C11H14N2O.C8H7NO4/c14-11(12-5-2-6-12)8-9-3-1-4-10(7-9)13(15)16;12-10-4-1-3-9(7-10)8-11(14)13-5-2-6-13;10-8(11)5-6-2-1-3-7(4-6)9(12)13/h1,3-4,7H,2,5-6,8H2;1,3-4,7H,2,5-6,8,12H2;1-4H,5H2,(H,10,11). The Morgan fingerprint density at radius 2 is 1.07 bits per heavy atom. The second kappa shape index (κ2) is 15.6. The summed E-state index contributed by atoms with van der Waals surface area (Å²) in [7, 11) is 0. The average Bonchev–Trinajstić information content (AvgIpc) is 2.87. The lowest BCUT2D eigenvalue weighted by Crippen LogP contribution is -2.42. The maximum absolute atomic E-state index is 11.6. The molecule has 3 aromatic carbocycles. The molecule has 0 spiro atoms. The number of nitrogens with two attached hydrogens (primary N) is 1. The number of aliphatic carboxylic acids is 1. The number of hydrogen-bond donors (Lipinski definition) is 2. The quantitative estimate of drug-likeness (QED) is 0.224. The van der Waals surface area contributed by atoms with Gasteiger partial charge in [-0.3, -0.25) is 34.6 Å². The molecule has 2 aliphatic heterocycles. The minimum absolute atomic E-state index is 0.0360. The van der Waals surface area contributed by atoms with E-state index in [0.717, 1.165) is 50.3 Å². The van der Waals surface area contributed by atoms with Crippen LogP contribution in [0.4, 0.5) is 17.1 Å². The number of carbonyl (C=O) groups is 3. The minimum atomic E-state index is -1.000. The molecular formula is C30H33N5O8. The van der Waals surface area contributed by atoms with Crippen LogP contribution < -0.4 is 5.73 Å². The van der Waals surface area contributed by atoms with Gasteiger partial charge in [-0.25, -0.2) is 0 Å². The van der Waals surface area contributed by atoms with Gasteiger partial charge in [0.25, 0.3) is 11.4 Å². The zero-order valence-electron chi connectivity index (χ0n) is 23.5. The van der Waals surface area contributed by atoms with Crippen LogP contribution in [-0.2, 0) is 33.6 Å². The van der Waals surface area contributed by atoms with Crippen LogP contribution >= 0.6 is 0 Å². The highest BCUT2D eigenvalue weighted by atomic mass is 16.6. The van der Waals surface area contributed by atoms with Crippen molar-refractivity contribution in [3.05, 3.63) is 110 Å². The molecular weight excluding hydrogens is 558 g/mol. The third-order valence-corrected chi connectivity index (χ3v) is 6.68. The summed E-state index contributed by atoms with van der Waals surface area (Å²) >= 11 is 0. The molecule has 13 heteroatoms. The van der Waals surface area contributed by atoms with Crippen molar-refractivity contribution < 1.29 is 29.3 Å². The monoisotopic (exact) mass is 591 g/mol. The van der Waals surface area contributed by atoms with Gasteiger partial charge >= 0.3 is 5.97 Å². The van der Waals surface area contributed by atoms with Crippen LogP contribution in [-0.4, -0.2) is 68.7 Å². The van der Waals surface area contributed by atoms with Gasteiger partial charge in [0.2, 0.25) is 11.8 Å². The molecule has 0 unspecified atom stereocenters. The third-order valence-electron chi connectivity index (χ3n) is 6.68. The first-order valence-corrected chi connectivity index (χ1v) is 13.6. The van der Waals surface area contributed by atoms with E-state index in [9.17, 15) is 34.6 Å². The van der Waals surface area contributed by atoms with Crippen molar-refractivity contribution in [1.82, 2.24) is 9.80 Å². The van der Waals surface area contributed by atoms with Crippen molar-refractivity contribution in [2.75, 3.05) is 31.9 Å². The van der Waals surface area contributed by atoms with Crippen LogP contribution in [0.5, 0.6) is 0 Å². The largest absolute Gasteiger partial charge is 0.481 e. The van der Waals surface area contributed by atoms with Crippen LogP contribution in [0.25, 0.3) is 0 Å². The zero-order valence-corrected chi connectivity index (χ0v) is 23.5. The maximum Gasteiger partial charge on any atom is 0.307 e. The van der Waals surface area contributed by atoms with E-state index in [-0.39, 0.29) is 36.0 Å². The molecule has 13 nitrogen and oxygen atoms in total. The molecule has 43 heavy (non-hydrogen) atoms. The smallest absolute Gasteiger partial charge is 0.307 e. The van der Waals surface area contributed by atoms with E-state index in [1.165, 1.54) is 30.3 Å². The van der Waals surface area contributed by atoms with E-state index in [4.69, 9.17) is 10.8 Å². The number of likely N-dealkylation sites (tertiary alicyclic amines) is 2. The van der Waals surface area contributed by atoms with Crippen LogP contribution in [0.1, 0.15) is 29.5 Å². The summed E-state index contributed by atoms with van der Waals surface area (Å²) in [4.78, 5) is 57.0. The number of non-ortho nitro benzene ring substituents is 2. The van der Waals surface area contributed by atoms with Gasteiger partial charge in [-0.1, -0.05) is 36.4 Å². The number of anilines is 1. The third kappa shape index (κ3) is 10.5. The number of hydrogen-bond acceptors (Lipinski definition) is 8. The van der Waals surface area contributed by atoms with E-state index in [1.807, 2.05) is 29.2 Å². The Labute approximate surface area is 247 Å². The molecule has 0 atom stereocenters. The summed E-state index contributed by atoms with van der Waals surface area (Å²) < 4.78 is 0. The summed E-state index contributed by atoms with van der Waals surface area (Å²) in [5.41, 5.74) is 8.44. The van der Waals surface area contributed by atoms with Crippen LogP contribution in [0, 0.1) is 20.2 Å². The Morgan fingerprint density at radius 1 is 0.674 bits per heavy atom. The molecule has 2 aliphatic rings. The molecule has 0 saturated carbocycles. The molecule has 0 bridgehead atoms. The zero-order chi connectivity index (χ0) is 31.4. The van der Waals surface area contributed by atoms with Gasteiger partial charge in [0.1, 0.15) is 0 Å². The van der Waals surface area contributed by atoms with Crippen molar-refractivity contribution in [1.29, 1.82) is 0 Å². The van der Waals surface area contributed by atoms with Crippen molar-refractivity contribution in [3.8, 4) is 0 Å². The molecule has 5 rings (SSSR count).